The molecule has 8 heteroatoms. The van der Waals surface area contributed by atoms with E-state index in [1.165, 1.54) is 7.11 Å². The fraction of sp³-hybridized carbons (Fsp3) is 0.636. The minimum atomic E-state index is -0.847. The molecule has 1 aromatic carbocycles. The van der Waals surface area contributed by atoms with E-state index in [1.807, 2.05) is 24.3 Å². The molecule has 1 aliphatic heterocycles. The quantitative estimate of drug-likeness (QED) is 0.482. The summed E-state index contributed by atoms with van der Waals surface area (Å²) in [6.45, 7) is 6.90. The van der Waals surface area contributed by atoms with Crippen LogP contribution < -0.4 is 10.1 Å². The zero-order valence-electron chi connectivity index (χ0n) is 18.3. The van der Waals surface area contributed by atoms with Gasteiger partial charge in [0, 0.05) is 13.0 Å². The lowest BCUT2D eigenvalue weighted by atomic mass is 10.1. The smallest absolute Gasteiger partial charge is 0.408 e. The Hall–Kier alpha value is -2.32. The number of ether oxygens (including phenoxy) is 5. The van der Waals surface area contributed by atoms with Gasteiger partial charge in [-0.2, -0.15) is 0 Å². The van der Waals surface area contributed by atoms with Gasteiger partial charge in [-0.25, -0.2) is 9.59 Å². The van der Waals surface area contributed by atoms with Crippen LogP contribution in [0.2, 0.25) is 0 Å². The second kappa shape index (κ2) is 11.8. The highest BCUT2D eigenvalue weighted by molar-refractivity contribution is 5.81. The van der Waals surface area contributed by atoms with Crippen LogP contribution in [0.1, 0.15) is 45.6 Å². The number of rotatable bonds is 9. The van der Waals surface area contributed by atoms with Gasteiger partial charge in [-0.3, -0.25) is 0 Å². The average Bonchev–Trinajstić information content (AvgIpc) is 2.70. The van der Waals surface area contributed by atoms with Crippen LogP contribution in [0.5, 0.6) is 5.75 Å². The Morgan fingerprint density at radius 1 is 1.17 bits per heavy atom. The topological polar surface area (TPSA) is 92.3 Å². The highest BCUT2D eigenvalue weighted by Gasteiger charge is 2.25. The van der Waals surface area contributed by atoms with Crippen LogP contribution in [0.25, 0.3) is 0 Å². The first kappa shape index (κ1) is 24.0. The van der Waals surface area contributed by atoms with Gasteiger partial charge in [-0.05, 0) is 57.7 Å². The Bertz CT molecular complexity index is 663. The van der Waals surface area contributed by atoms with E-state index >= 15 is 0 Å². The summed E-state index contributed by atoms with van der Waals surface area (Å²) in [7, 11) is 1.28. The molecule has 0 radical (unpaired) electrons. The summed E-state index contributed by atoms with van der Waals surface area (Å²) in [5.74, 6) is 0.157. The molecular formula is C22H33NO7. The van der Waals surface area contributed by atoms with Crippen molar-refractivity contribution in [1.29, 1.82) is 0 Å². The lowest BCUT2D eigenvalue weighted by Crippen LogP contribution is -2.45. The molecule has 0 aliphatic carbocycles. The zero-order chi connectivity index (χ0) is 22.0. The van der Waals surface area contributed by atoms with E-state index in [0.717, 1.165) is 31.4 Å². The van der Waals surface area contributed by atoms with Crippen molar-refractivity contribution in [2.75, 3.05) is 26.9 Å². The molecule has 2 rings (SSSR count). The van der Waals surface area contributed by atoms with Crippen molar-refractivity contribution in [3.63, 3.8) is 0 Å². The Balaban J connectivity index is 1.80. The third-order valence-electron chi connectivity index (χ3n) is 4.33. The first-order chi connectivity index (χ1) is 14.3. The molecule has 8 nitrogen and oxygen atoms in total. The summed E-state index contributed by atoms with van der Waals surface area (Å²) in [6, 6.07) is 6.46. The molecule has 1 fully saturated rings. The van der Waals surface area contributed by atoms with Crippen molar-refractivity contribution < 1.29 is 33.3 Å². The largest absolute Gasteiger partial charge is 0.491 e. The fourth-order valence-corrected chi connectivity index (χ4v) is 2.92. The summed E-state index contributed by atoms with van der Waals surface area (Å²) in [5, 5.41) is 2.57. The van der Waals surface area contributed by atoms with Crippen LogP contribution in [-0.4, -0.2) is 56.9 Å². The van der Waals surface area contributed by atoms with E-state index < -0.39 is 23.7 Å². The highest BCUT2D eigenvalue weighted by atomic mass is 16.7. The molecule has 1 aromatic rings. The number of hydrogen-bond donors (Lipinski definition) is 1. The number of methoxy groups -OCH3 is 1. The number of esters is 1. The summed E-state index contributed by atoms with van der Waals surface area (Å²) >= 11 is 0. The molecule has 0 aromatic heterocycles. The predicted octanol–water partition coefficient (Wildman–Crippen LogP) is 3.22. The standard InChI is InChI=1S/C22H33NO7/c1-22(2,3)30-21(25)23-18(20(24)26-4)15-16-8-10-17(11-9-16)27-13-14-29-19-7-5-6-12-28-19/h8-11,18-19H,5-7,12-15H2,1-4H3,(H,23,25)/t18-,19?/m0/s1. The summed E-state index contributed by atoms with van der Waals surface area (Å²) in [6.07, 6.45) is 2.62. The van der Waals surface area contributed by atoms with Crippen molar-refractivity contribution >= 4 is 12.1 Å². The van der Waals surface area contributed by atoms with E-state index in [4.69, 9.17) is 23.7 Å². The van der Waals surface area contributed by atoms with Crippen LogP contribution in [0.15, 0.2) is 24.3 Å². The second-order valence-electron chi connectivity index (χ2n) is 8.09. The number of benzene rings is 1. The van der Waals surface area contributed by atoms with Crippen LogP contribution in [0.3, 0.4) is 0 Å². The number of carbonyl (C=O) groups is 2. The van der Waals surface area contributed by atoms with Gasteiger partial charge >= 0.3 is 12.1 Å². The number of hydrogen-bond acceptors (Lipinski definition) is 7. The number of alkyl carbamates (subject to hydrolysis) is 1. The van der Waals surface area contributed by atoms with Gasteiger partial charge in [0.1, 0.15) is 24.0 Å². The number of amides is 1. The molecule has 30 heavy (non-hydrogen) atoms. The fourth-order valence-electron chi connectivity index (χ4n) is 2.92. The average molecular weight is 424 g/mol. The molecule has 2 atom stereocenters. The zero-order valence-corrected chi connectivity index (χ0v) is 18.3. The Morgan fingerprint density at radius 3 is 2.50 bits per heavy atom. The molecular weight excluding hydrogens is 390 g/mol. The van der Waals surface area contributed by atoms with Gasteiger partial charge in [-0.1, -0.05) is 12.1 Å². The minimum absolute atomic E-state index is 0.127. The van der Waals surface area contributed by atoms with Crippen LogP contribution >= 0.6 is 0 Å². The molecule has 1 heterocycles. The minimum Gasteiger partial charge on any atom is -0.491 e. The molecule has 1 unspecified atom stereocenters. The maximum absolute atomic E-state index is 12.0. The van der Waals surface area contributed by atoms with Crippen molar-refractivity contribution in [2.24, 2.45) is 0 Å². The first-order valence-corrected chi connectivity index (χ1v) is 10.3. The SMILES string of the molecule is COC(=O)[C@H](Cc1ccc(OCCOC2CCCCO2)cc1)NC(=O)OC(C)(C)C. The van der Waals surface area contributed by atoms with E-state index in [1.54, 1.807) is 20.8 Å². The Morgan fingerprint density at radius 2 is 1.90 bits per heavy atom. The van der Waals surface area contributed by atoms with E-state index in [9.17, 15) is 9.59 Å². The van der Waals surface area contributed by atoms with Crippen LogP contribution in [0.4, 0.5) is 4.79 Å². The lowest BCUT2D eigenvalue weighted by Gasteiger charge is -2.23. The van der Waals surface area contributed by atoms with E-state index in [-0.39, 0.29) is 12.7 Å². The molecule has 0 bridgehead atoms. The number of carbonyl (C=O) groups excluding carboxylic acids is 2. The van der Waals surface area contributed by atoms with Crippen molar-refractivity contribution in [1.82, 2.24) is 5.32 Å². The van der Waals surface area contributed by atoms with Gasteiger partial charge in [0.05, 0.1) is 13.7 Å². The van der Waals surface area contributed by atoms with Gasteiger partial charge in [0.2, 0.25) is 0 Å². The maximum Gasteiger partial charge on any atom is 0.408 e. The maximum atomic E-state index is 12.0. The summed E-state index contributed by atoms with van der Waals surface area (Å²) in [4.78, 5) is 24.1. The first-order valence-electron chi connectivity index (χ1n) is 10.3. The molecule has 168 valence electrons. The predicted molar refractivity (Wildman–Crippen MR) is 110 cm³/mol. The number of nitrogens with one attached hydrogen (secondary N) is 1. The third-order valence-corrected chi connectivity index (χ3v) is 4.33. The van der Waals surface area contributed by atoms with Gasteiger partial charge < -0.3 is 29.0 Å². The Kier molecular flexibility index (Phi) is 9.39. The van der Waals surface area contributed by atoms with Crippen molar-refractivity contribution in [2.45, 2.75) is 64.4 Å². The normalized spacial score (nSPS) is 17.7. The van der Waals surface area contributed by atoms with Gasteiger partial charge in [0.15, 0.2) is 6.29 Å². The van der Waals surface area contributed by atoms with E-state index in [0.29, 0.717) is 19.0 Å². The third kappa shape index (κ3) is 9.00. The van der Waals surface area contributed by atoms with Crippen LogP contribution in [0, 0.1) is 0 Å². The molecule has 1 aliphatic rings. The van der Waals surface area contributed by atoms with Crippen molar-refractivity contribution in [3.8, 4) is 5.75 Å². The van der Waals surface area contributed by atoms with E-state index in [2.05, 4.69) is 5.32 Å². The second-order valence-corrected chi connectivity index (χ2v) is 8.09. The van der Waals surface area contributed by atoms with Gasteiger partial charge in [-0.15, -0.1) is 0 Å². The molecule has 0 spiro atoms. The molecule has 1 saturated heterocycles. The molecule has 0 saturated carbocycles. The molecule has 1 amide bonds. The summed E-state index contributed by atoms with van der Waals surface area (Å²) in [5.41, 5.74) is 0.192. The lowest BCUT2D eigenvalue weighted by molar-refractivity contribution is -0.165. The Labute approximate surface area is 178 Å². The monoisotopic (exact) mass is 423 g/mol. The van der Waals surface area contributed by atoms with Crippen LogP contribution in [-0.2, 0) is 30.2 Å². The van der Waals surface area contributed by atoms with Gasteiger partial charge in [0.25, 0.3) is 0 Å². The highest BCUT2D eigenvalue weighted by Crippen LogP contribution is 2.16. The summed E-state index contributed by atoms with van der Waals surface area (Å²) < 4.78 is 26.9. The van der Waals surface area contributed by atoms with Crippen molar-refractivity contribution in [3.05, 3.63) is 29.8 Å². The molecule has 1 N–H and O–H groups in total.